The Morgan fingerprint density at radius 2 is 2.23 bits per heavy atom. The molecule has 2 saturated heterocycles. The van der Waals surface area contributed by atoms with Gasteiger partial charge in [-0.3, -0.25) is 9.78 Å². The van der Waals surface area contributed by atoms with Gasteiger partial charge in [-0.1, -0.05) is 6.07 Å². The predicted molar refractivity (Wildman–Crippen MR) is 82.3 cm³/mol. The van der Waals surface area contributed by atoms with Crippen molar-refractivity contribution in [3.63, 3.8) is 0 Å². The van der Waals surface area contributed by atoms with Crippen molar-refractivity contribution in [1.82, 2.24) is 15.6 Å². The van der Waals surface area contributed by atoms with E-state index < -0.39 is 0 Å². The number of hydrogen-bond acceptors (Lipinski definition) is 4. The lowest BCUT2D eigenvalue weighted by molar-refractivity contribution is 0.0926. The van der Waals surface area contributed by atoms with Gasteiger partial charge < -0.3 is 10.6 Å². The van der Waals surface area contributed by atoms with Gasteiger partial charge in [-0.05, 0) is 42.8 Å². The number of nitrogens with one attached hydrogen (secondary N) is 2. The molecule has 3 heterocycles. The highest BCUT2D eigenvalue weighted by atomic mass is 16.2. The van der Waals surface area contributed by atoms with Crippen molar-refractivity contribution in [2.24, 2.45) is 0 Å². The summed E-state index contributed by atoms with van der Waals surface area (Å²) in [7, 11) is 0. The van der Waals surface area contributed by atoms with Gasteiger partial charge in [0.15, 0.2) is 0 Å². The molecular weight excluding hydrogens is 276 g/mol. The second-order valence-electron chi connectivity index (χ2n) is 6.11. The Morgan fingerprint density at radius 1 is 1.32 bits per heavy atom. The third-order valence-electron chi connectivity index (χ3n) is 4.70. The van der Waals surface area contributed by atoms with E-state index in [9.17, 15) is 4.79 Å². The molecule has 1 aromatic carbocycles. The lowest BCUT2D eigenvalue weighted by Crippen LogP contribution is -2.43. The number of carbonyl (C=O) groups excluding carboxylic acids is 1. The zero-order valence-electron chi connectivity index (χ0n) is 12.0. The van der Waals surface area contributed by atoms with E-state index in [4.69, 9.17) is 5.26 Å². The molecule has 0 saturated carbocycles. The van der Waals surface area contributed by atoms with E-state index in [1.165, 1.54) is 6.42 Å². The SMILES string of the molecule is N#Cc1ccc2cnc(C(=O)NC3CC4CCC3N4)cc2c1. The minimum absolute atomic E-state index is 0.136. The molecule has 3 atom stereocenters. The third-order valence-corrected chi connectivity index (χ3v) is 4.70. The standard InChI is InChI=1S/C17H16N4O/c18-8-10-1-2-11-9-19-16(6-12(11)5-10)17(22)21-15-7-13-3-4-14(15)20-13/h1-2,5-6,9,13-15,20H,3-4,7H2,(H,21,22). The van der Waals surface area contributed by atoms with E-state index in [1.807, 2.05) is 6.07 Å². The lowest BCUT2D eigenvalue weighted by Gasteiger charge is -2.21. The Labute approximate surface area is 128 Å². The fourth-order valence-corrected chi connectivity index (χ4v) is 3.56. The molecule has 0 aliphatic carbocycles. The number of nitriles is 1. The smallest absolute Gasteiger partial charge is 0.270 e. The number of amides is 1. The maximum Gasteiger partial charge on any atom is 0.270 e. The van der Waals surface area contributed by atoms with Crippen LogP contribution in [0.15, 0.2) is 30.5 Å². The second kappa shape index (κ2) is 5.08. The maximum absolute atomic E-state index is 12.4. The number of carbonyl (C=O) groups is 1. The van der Waals surface area contributed by atoms with Crippen molar-refractivity contribution in [3.05, 3.63) is 41.7 Å². The number of aromatic nitrogens is 1. The van der Waals surface area contributed by atoms with Crippen molar-refractivity contribution in [3.8, 4) is 6.07 Å². The quantitative estimate of drug-likeness (QED) is 0.883. The summed E-state index contributed by atoms with van der Waals surface area (Å²) in [6, 6.07) is 10.4. The molecular formula is C17H16N4O. The molecule has 3 unspecified atom stereocenters. The van der Waals surface area contributed by atoms with E-state index in [-0.39, 0.29) is 11.9 Å². The minimum Gasteiger partial charge on any atom is -0.346 e. The maximum atomic E-state index is 12.4. The van der Waals surface area contributed by atoms with Crippen LogP contribution in [0.2, 0.25) is 0 Å². The molecule has 0 spiro atoms. The zero-order valence-corrected chi connectivity index (χ0v) is 12.0. The summed E-state index contributed by atoms with van der Waals surface area (Å²) >= 11 is 0. The van der Waals surface area contributed by atoms with Crippen molar-refractivity contribution in [2.45, 2.75) is 37.4 Å². The number of nitrogens with zero attached hydrogens (tertiary/aromatic N) is 2. The largest absolute Gasteiger partial charge is 0.346 e. The van der Waals surface area contributed by atoms with E-state index in [2.05, 4.69) is 21.7 Å². The summed E-state index contributed by atoms with van der Waals surface area (Å²) in [5, 5.41) is 17.4. The predicted octanol–water partition coefficient (Wildman–Crippen LogP) is 1.73. The highest BCUT2D eigenvalue weighted by molar-refractivity contribution is 5.96. The van der Waals surface area contributed by atoms with Crippen molar-refractivity contribution < 1.29 is 4.79 Å². The molecule has 1 aromatic heterocycles. The van der Waals surface area contributed by atoms with Gasteiger partial charge >= 0.3 is 0 Å². The Hall–Kier alpha value is -2.45. The fourth-order valence-electron chi connectivity index (χ4n) is 3.56. The number of pyridine rings is 1. The summed E-state index contributed by atoms with van der Waals surface area (Å²) in [5.41, 5.74) is 0.993. The van der Waals surface area contributed by atoms with Crippen LogP contribution in [-0.4, -0.2) is 29.0 Å². The van der Waals surface area contributed by atoms with Gasteiger partial charge in [0.1, 0.15) is 5.69 Å². The highest BCUT2D eigenvalue weighted by Gasteiger charge is 2.39. The van der Waals surface area contributed by atoms with Gasteiger partial charge in [-0.25, -0.2) is 0 Å². The second-order valence-corrected chi connectivity index (χ2v) is 6.11. The molecule has 2 bridgehead atoms. The number of fused-ring (bicyclic) bond motifs is 3. The molecule has 0 radical (unpaired) electrons. The zero-order chi connectivity index (χ0) is 15.1. The van der Waals surface area contributed by atoms with Crippen LogP contribution in [-0.2, 0) is 0 Å². The normalized spacial score (nSPS) is 26.0. The molecule has 2 aliphatic heterocycles. The molecule has 22 heavy (non-hydrogen) atoms. The highest BCUT2D eigenvalue weighted by Crippen LogP contribution is 2.28. The molecule has 2 aliphatic rings. The monoisotopic (exact) mass is 292 g/mol. The van der Waals surface area contributed by atoms with Crippen LogP contribution < -0.4 is 10.6 Å². The van der Waals surface area contributed by atoms with E-state index in [0.29, 0.717) is 23.3 Å². The first-order valence-electron chi connectivity index (χ1n) is 7.60. The summed E-state index contributed by atoms with van der Waals surface area (Å²) in [6.45, 7) is 0. The number of benzene rings is 1. The minimum atomic E-state index is -0.136. The van der Waals surface area contributed by atoms with Crippen molar-refractivity contribution >= 4 is 16.7 Å². The first-order valence-corrected chi connectivity index (χ1v) is 7.60. The molecule has 5 heteroatoms. The topological polar surface area (TPSA) is 77.8 Å². The van der Waals surface area contributed by atoms with Crippen molar-refractivity contribution in [1.29, 1.82) is 5.26 Å². The fraction of sp³-hybridized carbons (Fsp3) is 0.353. The van der Waals surface area contributed by atoms with E-state index in [1.54, 1.807) is 24.4 Å². The van der Waals surface area contributed by atoms with Gasteiger partial charge in [0, 0.05) is 29.7 Å². The van der Waals surface area contributed by atoms with Gasteiger partial charge in [-0.15, -0.1) is 0 Å². The molecule has 2 fully saturated rings. The molecule has 5 nitrogen and oxygen atoms in total. The van der Waals surface area contributed by atoms with E-state index in [0.717, 1.165) is 23.6 Å². The average molecular weight is 292 g/mol. The molecule has 2 aromatic rings. The van der Waals surface area contributed by atoms with Crippen LogP contribution in [0, 0.1) is 11.3 Å². The van der Waals surface area contributed by atoms with Gasteiger partial charge in [0.2, 0.25) is 0 Å². The van der Waals surface area contributed by atoms with E-state index >= 15 is 0 Å². The summed E-state index contributed by atoms with van der Waals surface area (Å²) in [4.78, 5) is 16.7. The molecule has 2 N–H and O–H groups in total. The Bertz CT molecular complexity index is 795. The van der Waals surface area contributed by atoms with Gasteiger partial charge in [0.05, 0.1) is 11.6 Å². The summed E-state index contributed by atoms with van der Waals surface area (Å²) < 4.78 is 0. The van der Waals surface area contributed by atoms with Crippen molar-refractivity contribution in [2.75, 3.05) is 0 Å². The van der Waals surface area contributed by atoms with Crippen LogP contribution in [0.5, 0.6) is 0 Å². The van der Waals surface area contributed by atoms with Crippen LogP contribution >= 0.6 is 0 Å². The average Bonchev–Trinajstić information content (AvgIpc) is 3.16. The molecule has 4 rings (SSSR count). The first kappa shape index (κ1) is 13.2. The Kier molecular flexibility index (Phi) is 3.05. The third kappa shape index (κ3) is 2.22. The Balaban J connectivity index is 1.57. The van der Waals surface area contributed by atoms with Crippen LogP contribution in [0.4, 0.5) is 0 Å². The first-order chi connectivity index (χ1) is 10.7. The summed E-state index contributed by atoms with van der Waals surface area (Å²) in [5.74, 6) is -0.136. The van der Waals surface area contributed by atoms with Gasteiger partial charge in [-0.2, -0.15) is 5.26 Å². The Morgan fingerprint density at radius 3 is 2.95 bits per heavy atom. The molecule has 110 valence electrons. The van der Waals surface area contributed by atoms with Crippen LogP contribution in [0.1, 0.15) is 35.3 Å². The number of rotatable bonds is 2. The number of hydrogen-bond donors (Lipinski definition) is 2. The molecule has 1 amide bonds. The summed E-state index contributed by atoms with van der Waals surface area (Å²) in [6.07, 6.45) is 5.03. The lowest BCUT2D eigenvalue weighted by atomic mass is 9.95. The van der Waals surface area contributed by atoms with Gasteiger partial charge in [0.25, 0.3) is 5.91 Å². The van der Waals surface area contributed by atoms with Crippen LogP contribution in [0.3, 0.4) is 0 Å². The van der Waals surface area contributed by atoms with Crippen LogP contribution in [0.25, 0.3) is 10.8 Å².